The predicted molar refractivity (Wildman–Crippen MR) is 145 cm³/mol. The van der Waals surface area contributed by atoms with E-state index in [4.69, 9.17) is 0 Å². The van der Waals surface area contributed by atoms with Gasteiger partial charge in [0.05, 0.1) is 5.56 Å². The molecular weight excluding hydrogens is 478 g/mol. The molecule has 0 aromatic carbocycles. The van der Waals surface area contributed by atoms with Gasteiger partial charge in [-0.2, -0.15) is 0 Å². The molecule has 0 N–H and O–H groups in total. The number of rotatable bonds is 6. The lowest BCUT2D eigenvalue weighted by molar-refractivity contribution is -0.131. The third-order valence-electron chi connectivity index (χ3n) is 9.20. The summed E-state index contributed by atoms with van der Waals surface area (Å²) in [6.45, 7) is 6.13. The second-order valence-corrected chi connectivity index (χ2v) is 11.3. The number of anilines is 1. The second-order valence-electron chi connectivity index (χ2n) is 11.3. The zero-order valence-corrected chi connectivity index (χ0v) is 22.2. The van der Waals surface area contributed by atoms with Crippen LogP contribution < -0.4 is 4.90 Å². The highest BCUT2D eigenvalue weighted by Gasteiger charge is 2.49. The monoisotopic (exact) mass is 517 g/mol. The summed E-state index contributed by atoms with van der Waals surface area (Å²) in [6.07, 6.45) is 14.0. The summed E-state index contributed by atoms with van der Waals surface area (Å²) in [7, 11) is 0. The van der Waals surface area contributed by atoms with E-state index in [1.165, 1.54) is 38.8 Å². The Morgan fingerprint density at radius 3 is 2.47 bits per heavy atom. The zero-order chi connectivity index (χ0) is 25.9. The molecule has 4 fully saturated rings. The molecule has 2 aromatic rings. The number of hydrogen-bond acceptors (Lipinski definition) is 7. The molecule has 0 spiro atoms. The van der Waals surface area contributed by atoms with Crippen LogP contribution in [0.15, 0.2) is 43.0 Å². The minimum Gasteiger partial charge on any atom is -0.339 e. The van der Waals surface area contributed by atoms with Gasteiger partial charge in [-0.3, -0.25) is 19.5 Å². The van der Waals surface area contributed by atoms with E-state index in [1.54, 1.807) is 24.8 Å². The third-order valence-corrected chi connectivity index (χ3v) is 9.20. The quantitative estimate of drug-likeness (QED) is 0.582. The number of carbonyl (C=O) groups excluding carboxylic acids is 2. The lowest BCUT2D eigenvalue weighted by Gasteiger charge is -2.57. The Morgan fingerprint density at radius 2 is 1.71 bits per heavy atom. The number of piperazine rings is 1. The number of amides is 2. The molecule has 6 heterocycles. The SMILES string of the molecule is O=C(CCC[C@@H]1[C@H]2CCCN3CCC[C@@H](CN1C(=O)c1cccnc1)[C@@H]23)N1CCN(c2ncccn2)CC1. The first-order valence-corrected chi connectivity index (χ1v) is 14.4. The van der Waals surface area contributed by atoms with Crippen molar-refractivity contribution in [3.63, 3.8) is 0 Å². The van der Waals surface area contributed by atoms with Crippen LogP contribution in [0.3, 0.4) is 0 Å². The predicted octanol–water partition coefficient (Wildman–Crippen LogP) is 2.71. The van der Waals surface area contributed by atoms with E-state index < -0.39 is 0 Å². The summed E-state index contributed by atoms with van der Waals surface area (Å²) < 4.78 is 0. The Hall–Kier alpha value is -3.07. The Balaban J connectivity index is 1.10. The molecule has 2 aromatic heterocycles. The molecule has 38 heavy (non-hydrogen) atoms. The van der Waals surface area contributed by atoms with Gasteiger partial charge in [-0.15, -0.1) is 0 Å². The fourth-order valence-electron chi connectivity index (χ4n) is 7.48. The van der Waals surface area contributed by atoms with Crippen LogP contribution in [0.1, 0.15) is 55.3 Å². The molecule has 4 aliphatic rings. The van der Waals surface area contributed by atoms with Crippen molar-refractivity contribution in [1.29, 1.82) is 0 Å². The van der Waals surface area contributed by atoms with Gasteiger partial charge >= 0.3 is 0 Å². The summed E-state index contributed by atoms with van der Waals surface area (Å²) in [5, 5.41) is 0. The summed E-state index contributed by atoms with van der Waals surface area (Å²) in [5.74, 6) is 2.11. The maximum Gasteiger partial charge on any atom is 0.255 e. The minimum absolute atomic E-state index is 0.106. The highest BCUT2D eigenvalue weighted by atomic mass is 16.2. The van der Waals surface area contributed by atoms with Gasteiger partial charge < -0.3 is 14.7 Å². The van der Waals surface area contributed by atoms with Crippen molar-refractivity contribution in [3.05, 3.63) is 48.5 Å². The highest BCUT2D eigenvalue weighted by molar-refractivity contribution is 5.94. The van der Waals surface area contributed by atoms with Crippen molar-refractivity contribution in [2.75, 3.05) is 50.7 Å². The smallest absolute Gasteiger partial charge is 0.255 e. The fourth-order valence-corrected chi connectivity index (χ4v) is 7.48. The Kier molecular flexibility index (Phi) is 7.53. The maximum absolute atomic E-state index is 13.7. The first-order chi connectivity index (χ1) is 18.7. The van der Waals surface area contributed by atoms with E-state index in [0.29, 0.717) is 43.0 Å². The highest BCUT2D eigenvalue weighted by Crippen LogP contribution is 2.43. The van der Waals surface area contributed by atoms with E-state index >= 15 is 0 Å². The molecule has 0 radical (unpaired) electrons. The molecule has 9 heteroatoms. The molecule has 0 unspecified atom stereocenters. The van der Waals surface area contributed by atoms with Crippen LogP contribution >= 0.6 is 0 Å². The second kappa shape index (κ2) is 11.4. The van der Waals surface area contributed by atoms with Gasteiger partial charge in [0.15, 0.2) is 0 Å². The molecular formula is C29H39N7O2. The standard InChI is InChI=1S/C29H39N7O2/c37-26(33-16-18-35(19-17-33)29-31-12-5-13-32-29)10-1-9-25-24-8-4-15-34-14-3-7-23(27(24)34)21-36(25)28(38)22-6-2-11-30-20-22/h2,5-6,11-13,20,23-25,27H,1,3-4,7-10,14-19,21H2/t23-,24+,25+,27-/m0/s1. The van der Waals surface area contributed by atoms with Crippen LogP contribution in [0, 0.1) is 11.8 Å². The van der Waals surface area contributed by atoms with Crippen molar-refractivity contribution in [3.8, 4) is 0 Å². The zero-order valence-electron chi connectivity index (χ0n) is 22.2. The molecule has 4 aliphatic heterocycles. The van der Waals surface area contributed by atoms with Crippen molar-refractivity contribution in [2.24, 2.45) is 11.8 Å². The third kappa shape index (κ3) is 5.13. The van der Waals surface area contributed by atoms with Crippen LogP contribution in [0.4, 0.5) is 5.95 Å². The van der Waals surface area contributed by atoms with E-state index in [9.17, 15) is 9.59 Å². The summed E-state index contributed by atoms with van der Waals surface area (Å²) >= 11 is 0. The van der Waals surface area contributed by atoms with Crippen molar-refractivity contribution in [2.45, 2.75) is 57.0 Å². The largest absolute Gasteiger partial charge is 0.339 e. The van der Waals surface area contributed by atoms with Gasteiger partial charge in [0.1, 0.15) is 0 Å². The maximum atomic E-state index is 13.7. The summed E-state index contributed by atoms with van der Waals surface area (Å²) in [5.41, 5.74) is 0.677. The first kappa shape index (κ1) is 25.2. The normalized spacial score (nSPS) is 27.6. The summed E-state index contributed by atoms with van der Waals surface area (Å²) in [6, 6.07) is 6.32. The molecule has 9 nitrogen and oxygen atoms in total. The molecule has 6 rings (SSSR count). The lowest BCUT2D eigenvalue weighted by atomic mass is 9.69. The van der Waals surface area contributed by atoms with E-state index in [1.807, 2.05) is 23.1 Å². The fraction of sp³-hybridized carbons (Fsp3) is 0.621. The van der Waals surface area contributed by atoms with Gasteiger partial charge in [-0.25, -0.2) is 9.97 Å². The van der Waals surface area contributed by atoms with Crippen LogP contribution in [0.5, 0.6) is 0 Å². The number of pyridine rings is 1. The molecule has 4 atom stereocenters. The molecule has 0 saturated carbocycles. The van der Waals surface area contributed by atoms with E-state index in [2.05, 4.69) is 29.7 Å². The molecule has 4 saturated heterocycles. The van der Waals surface area contributed by atoms with Gasteiger partial charge in [-0.05, 0) is 81.6 Å². The number of piperidine rings is 3. The number of aromatic nitrogens is 3. The van der Waals surface area contributed by atoms with Gasteiger partial charge in [0.25, 0.3) is 5.91 Å². The summed E-state index contributed by atoms with van der Waals surface area (Å²) in [4.78, 5) is 48.8. The number of likely N-dealkylation sites (tertiary alicyclic amines) is 1. The van der Waals surface area contributed by atoms with Crippen LogP contribution in [0.25, 0.3) is 0 Å². The van der Waals surface area contributed by atoms with Crippen LogP contribution in [-0.4, -0.2) is 99.4 Å². The molecule has 0 bridgehead atoms. The van der Waals surface area contributed by atoms with Gasteiger partial charge in [0.2, 0.25) is 11.9 Å². The number of hydrogen-bond donors (Lipinski definition) is 0. The van der Waals surface area contributed by atoms with Crippen molar-refractivity contribution < 1.29 is 9.59 Å². The minimum atomic E-state index is 0.106. The molecule has 202 valence electrons. The Labute approximate surface area is 225 Å². The Morgan fingerprint density at radius 1 is 0.921 bits per heavy atom. The Bertz CT molecular complexity index is 1090. The van der Waals surface area contributed by atoms with Crippen LogP contribution in [0.2, 0.25) is 0 Å². The average Bonchev–Trinajstić information content (AvgIpc) is 2.99. The lowest BCUT2D eigenvalue weighted by Crippen LogP contribution is -2.65. The number of nitrogens with zero attached hydrogens (tertiary/aromatic N) is 7. The van der Waals surface area contributed by atoms with E-state index in [-0.39, 0.29) is 17.9 Å². The van der Waals surface area contributed by atoms with Crippen molar-refractivity contribution >= 4 is 17.8 Å². The van der Waals surface area contributed by atoms with E-state index in [0.717, 1.165) is 38.4 Å². The van der Waals surface area contributed by atoms with Crippen molar-refractivity contribution in [1.82, 2.24) is 29.7 Å². The topological polar surface area (TPSA) is 85.8 Å². The molecule has 0 aliphatic carbocycles. The average molecular weight is 518 g/mol. The number of carbonyl (C=O) groups is 2. The van der Waals surface area contributed by atoms with Gasteiger partial charge in [-0.1, -0.05) is 0 Å². The molecule has 2 amide bonds. The van der Waals surface area contributed by atoms with Crippen LogP contribution in [-0.2, 0) is 4.79 Å². The first-order valence-electron chi connectivity index (χ1n) is 14.4. The van der Waals surface area contributed by atoms with Gasteiger partial charge in [0, 0.05) is 76.0 Å².